The molecule has 66 heavy (non-hydrogen) atoms. The van der Waals surface area contributed by atoms with E-state index in [1.54, 1.807) is 0 Å². The highest BCUT2D eigenvalue weighted by Crippen LogP contribution is 2.44. The highest BCUT2D eigenvalue weighted by molar-refractivity contribution is 6.09. The first-order chi connectivity index (χ1) is 30.6. The average Bonchev–Trinajstić information content (AvgIpc) is 3.83. The van der Waals surface area contributed by atoms with E-state index in [1.807, 2.05) is 6.20 Å². The van der Waals surface area contributed by atoms with Gasteiger partial charge < -0.3 is 14.5 Å². The molecule has 5 heteroatoms. The van der Waals surface area contributed by atoms with Gasteiger partial charge in [0.1, 0.15) is 17.3 Å². The van der Waals surface area contributed by atoms with E-state index >= 15 is 0 Å². The van der Waals surface area contributed by atoms with E-state index in [9.17, 15) is 0 Å². The number of nitrogens with zero attached hydrogens (tertiary/aromatic N) is 4. The number of anilines is 2. The van der Waals surface area contributed by atoms with Crippen molar-refractivity contribution in [2.45, 2.75) is 145 Å². The van der Waals surface area contributed by atoms with E-state index in [0.29, 0.717) is 6.67 Å². The Bertz CT molecular complexity index is 2930. The van der Waals surface area contributed by atoms with Crippen molar-refractivity contribution >= 4 is 33.2 Å². The Morgan fingerprint density at radius 3 is 1.65 bits per heavy atom. The van der Waals surface area contributed by atoms with E-state index in [2.05, 4.69) is 254 Å². The van der Waals surface area contributed by atoms with Gasteiger partial charge in [0.2, 0.25) is 0 Å². The second-order valence-electron chi connectivity index (χ2n) is 24.5. The maximum absolute atomic E-state index is 7.04. The minimum Gasteiger partial charge on any atom is -0.457 e. The zero-order valence-electron chi connectivity index (χ0n) is 43.0. The molecule has 8 rings (SSSR count). The maximum atomic E-state index is 7.04. The number of ether oxygens (including phenoxy) is 1. The third-order valence-corrected chi connectivity index (χ3v) is 13.7. The summed E-state index contributed by atoms with van der Waals surface area (Å²) in [7, 11) is 0. The van der Waals surface area contributed by atoms with Gasteiger partial charge in [0.05, 0.1) is 17.7 Å². The Morgan fingerprint density at radius 1 is 0.439 bits per heavy atom. The van der Waals surface area contributed by atoms with Crippen molar-refractivity contribution in [3.8, 4) is 17.3 Å². The smallest absolute Gasteiger partial charge is 0.137 e. The zero-order valence-corrected chi connectivity index (χ0v) is 43.0. The molecule has 0 bridgehead atoms. The Labute approximate surface area is 396 Å². The van der Waals surface area contributed by atoms with Crippen LogP contribution in [0.5, 0.6) is 11.5 Å². The van der Waals surface area contributed by atoms with E-state index in [4.69, 9.17) is 9.72 Å². The van der Waals surface area contributed by atoms with Gasteiger partial charge in [-0.05, 0) is 116 Å². The lowest BCUT2D eigenvalue weighted by molar-refractivity contribution is 0.479. The second-order valence-corrected chi connectivity index (χ2v) is 24.5. The van der Waals surface area contributed by atoms with E-state index in [-0.39, 0.29) is 32.5 Å². The van der Waals surface area contributed by atoms with E-state index < -0.39 is 0 Å². The molecule has 5 aromatic carbocycles. The molecular formula is C61H74N4O. The molecule has 0 atom stereocenters. The van der Waals surface area contributed by atoms with Crippen LogP contribution in [0.2, 0.25) is 0 Å². The number of allylic oxidation sites excluding steroid dienone is 1. The molecule has 0 unspecified atom stereocenters. The molecule has 0 radical (unpaired) electrons. The van der Waals surface area contributed by atoms with Crippen molar-refractivity contribution in [3.63, 3.8) is 0 Å². The molecule has 0 spiro atoms. The number of aromatic nitrogens is 2. The summed E-state index contributed by atoms with van der Waals surface area (Å²) in [4.78, 5) is 9.99. The summed E-state index contributed by atoms with van der Waals surface area (Å²) in [5, 5.41) is 2.38. The van der Waals surface area contributed by atoms with Crippen molar-refractivity contribution in [2.75, 3.05) is 16.5 Å². The van der Waals surface area contributed by atoms with Gasteiger partial charge >= 0.3 is 0 Å². The van der Waals surface area contributed by atoms with Crippen LogP contribution >= 0.6 is 0 Å². The van der Waals surface area contributed by atoms with Crippen molar-refractivity contribution in [3.05, 3.63) is 167 Å². The summed E-state index contributed by atoms with van der Waals surface area (Å²) < 4.78 is 9.36. The SMILES string of the molecule is CC(C)(C)C1=CN(c2cc(Oc3ccc4c5cc(C(C)(C)C)ccc5n(-c5cc(C(C)(C)c6ccccc6)ccn5)c4c3)cc(C(C)(C)C)c2)CN1c1cc(C(C)(C)C)cc(C(C)(C)C)c1. The molecular weight excluding hydrogens is 805 g/mol. The fourth-order valence-electron chi connectivity index (χ4n) is 9.20. The van der Waals surface area contributed by atoms with Crippen LogP contribution < -0.4 is 14.5 Å². The largest absolute Gasteiger partial charge is 0.457 e. The molecule has 0 saturated heterocycles. The first-order valence-electron chi connectivity index (χ1n) is 24.0. The minimum atomic E-state index is -0.220. The molecule has 0 N–H and O–H groups in total. The predicted octanol–water partition coefficient (Wildman–Crippen LogP) is 16.7. The quantitative estimate of drug-likeness (QED) is 0.160. The van der Waals surface area contributed by atoms with Crippen LogP contribution in [0.1, 0.15) is 151 Å². The van der Waals surface area contributed by atoms with Gasteiger partial charge in [-0.25, -0.2) is 4.98 Å². The molecule has 0 fully saturated rings. The lowest BCUT2D eigenvalue weighted by Gasteiger charge is -2.34. The summed E-state index contributed by atoms with van der Waals surface area (Å²) in [6.07, 6.45) is 4.32. The van der Waals surface area contributed by atoms with Gasteiger partial charge in [0, 0.05) is 63.2 Å². The van der Waals surface area contributed by atoms with Crippen LogP contribution in [0.25, 0.3) is 27.6 Å². The lowest BCUT2D eigenvalue weighted by atomic mass is 9.78. The van der Waals surface area contributed by atoms with Crippen LogP contribution in [-0.2, 0) is 27.1 Å². The molecule has 0 aliphatic carbocycles. The van der Waals surface area contributed by atoms with E-state index in [0.717, 1.165) is 34.0 Å². The molecule has 0 saturated carbocycles. The number of rotatable bonds is 7. The molecule has 344 valence electrons. The fraction of sp³-hybridized carbons (Fsp3) is 0.393. The summed E-state index contributed by atoms with van der Waals surface area (Å²) in [5.41, 5.74) is 13.1. The highest BCUT2D eigenvalue weighted by atomic mass is 16.5. The molecule has 1 aliphatic rings. The number of fused-ring (bicyclic) bond motifs is 3. The van der Waals surface area contributed by atoms with Crippen LogP contribution in [0.15, 0.2) is 133 Å². The van der Waals surface area contributed by atoms with Crippen LogP contribution in [0, 0.1) is 5.41 Å². The fourth-order valence-corrected chi connectivity index (χ4v) is 9.20. The summed E-state index contributed by atoms with van der Waals surface area (Å²) in [6, 6.07) is 42.7. The molecule has 7 aromatic rings. The number of hydrogen-bond acceptors (Lipinski definition) is 4. The molecule has 5 nitrogen and oxygen atoms in total. The molecule has 2 aromatic heterocycles. The maximum Gasteiger partial charge on any atom is 0.137 e. The molecule has 1 aliphatic heterocycles. The van der Waals surface area contributed by atoms with Gasteiger partial charge in [-0.2, -0.15) is 0 Å². The second kappa shape index (κ2) is 16.2. The third kappa shape index (κ3) is 9.15. The van der Waals surface area contributed by atoms with Crippen molar-refractivity contribution < 1.29 is 4.74 Å². The lowest BCUT2D eigenvalue weighted by Crippen LogP contribution is -2.31. The van der Waals surface area contributed by atoms with Crippen LogP contribution in [0.4, 0.5) is 11.4 Å². The monoisotopic (exact) mass is 879 g/mol. The van der Waals surface area contributed by atoms with Gasteiger partial charge in [-0.3, -0.25) is 4.57 Å². The first-order valence-corrected chi connectivity index (χ1v) is 24.0. The highest BCUT2D eigenvalue weighted by Gasteiger charge is 2.34. The Hall–Kier alpha value is -5.81. The zero-order chi connectivity index (χ0) is 47.9. The summed E-state index contributed by atoms with van der Waals surface area (Å²) in [5.74, 6) is 2.48. The first kappa shape index (κ1) is 46.7. The average molecular weight is 879 g/mol. The van der Waals surface area contributed by atoms with Crippen molar-refractivity contribution in [1.29, 1.82) is 0 Å². The normalized spacial score (nSPS) is 14.4. The standard InChI is InChI=1S/C61H74N4O/c1-56(2,3)41-23-26-52-51(34-41)50-25-24-48(37-53(50)65(52)55-35-42(27-28-62-55)61(16,17)40-21-19-18-20-22-40)66-49-33-45(59(10,11)12)30-46(36-49)63-38-54(60(13,14)15)64(39-63)47-31-43(57(4,5)6)29-44(32-47)58(7,8)9/h18-38H,39H2,1-17H3. The molecule has 0 amide bonds. The van der Waals surface area contributed by atoms with Gasteiger partial charge in [0.25, 0.3) is 0 Å². The van der Waals surface area contributed by atoms with Gasteiger partial charge in [-0.1, -0.05) is 160 Å². The number of benzene rings is 5. The Morgan fingerprint density at radius 2 is 1.05 bits per heavy atom. The van der Waals surface area contributed by atoms with Crippen molar-refractivity contribution in [2.24, 2.45) is 5.41 Å². The van der Waals surface area contributed by atoms with Crippen LogP contribution in [0.3, 0.4) is 0 Å². The number of hydrogen-bond donors (Lipinski definition) is 0. The Balaban J connectivity index is 1.23. The Kier molecular flexibility index (Phi) is 11.5. The summed E-state index contributed by atoms with van der Waals surface area (Å²) >= 11 is 0. The van der Waals surface area contributed by atoms with Gasteiger partial charge in [0.15, 0.2) is 0 Å². The minimum absolute atomic E-state index is 0.000351. The third-order valence-electron chi connectivity index (χ3n) is 13.7. The predicted molar refractivity (Wildman–Crippen MR) is 282 cm³/mol. The van der Waals surface area contributed by atoms with Crippen molar-refractivity contribution in [1.82, 2.24) is 9.55 Å². The van der Waals surface area contributed by atoms with E-state index in [1.165, 1.54) is 55.5 Å². The number of pyridine rings is 1. The van der Waals surface area contributed by atoms with Gasteiger partial charge in [-0.15, -0.1) is 0 Å². The molecule has 3 heterocycles. The topological polar surface area (TPSA) is 33.5 Å². The summed E-state index contributed by atoms with van der Waals surface area (Å²) in [6.45, 7) is 39.8. The van der Waals surface area contributed by atoms with Crippen LogP contribution in [-0.4, -0.2) is 16.2 Å².